The van der Waals surface area contributed by atoms with E-state index < -0.39 is 6.04 Å². The summed E-state index contributed by atoms with van der Waals surface area (Å²) in [5.41, 5.74) is 1.85. The summed E-state index contributed by atoms with van der Waals surface area (Å²) in [6.45, 7) is 4.04. The van der Waals surface area contributed by atoms with Gasteiger partial charge in [0, 0.05) is 29.4 Å². The minimum Gasteiger partial charge on any atom is -0.483 e. The number of hydrogen-bond acceptors (Lipinski definition) is 3. The molecule has 0 spiro atoms. The number of nitrogens with zero attached hydrogens (tertiary/aromatic N) is 1. The molecule has 0 fully saturated rings. The van der Waals surface area contributed by atoms with Crippen LogP contribution in [0.1, 0.15) is 31.4 Å². The molecule has 0 bridgehead atoms. The van der Waals surface area contributed by atoms with Crippen LogP contribution >= 0.6 is 11.6 Å². The number of rotatable bonds is 11. The normalized spacial score (nSPS) is 12.5. The van der Waals surface area contributed by atoms with Gasteiger partial charge in [-0.05, 0) is 48.1 Å². The van der Waals surface area contributed by atoms with Crippen LogP contribution in [0.15, 0.2) is 97.1 Å². The van der Waals surface area contributed by atoms with Crippen molar-refractivity contribution in [2.24, 2.45) is 0 Å². The van der Waals surface area contributed by atoms with Gasteiger partial charge >= 0.3 is 0 Å². The molecular formula is C32H33ClN2O3. The minimum absolute atomic E-state index is 0.0137. The largest absolute Gasteiger partial charge is 0.483 e. The summed E-state index contributed by atoms with van der Waals surface area (Å²) in [7, 11) is 0. The summed E-state index contributed by atoms with van der Waals surface area (Å²) in [5, 5.41) is 5.66. The van der Waals surface area contributed by atoms with Crippen LogP contribution in [0.4, 0.5) is 0 Å². The van der Waals surface area contributed by atoms with Crippen LogP contribution in [-0.4, -0.2) is 35.4 Å². The lowest BCUT2D eigenvalue weighted by Crippen LogP contribution is -2.53. The summed E-state index contributed by atoms with van der Waals surface area (Å²) >= 11 is 6.10. The van der Waals surface area contributed by atoms with Gasteiger partial charge in [0.25, 0.3) is 5.91 Å². The van der Waals surface area contributed by atoms with Crippen molar-refractivity contribution in [1.29, 1.82) is 0 Å². The van der Waals surface area contributed by atoms with Gasteiger partial charge in [-0.1, -0.05) is 97.4 Å². The predicted octanol–water partition coefficient (Wildman–Crippen LogP) is 6.43. The lowest BCUT2D eigenvalue weighted by Gasteiger charge is -2.32. The highest BCUT2D eigenvalue weighted by Crippen LogP contribution is 2.25. The van der Waals surface area contributed by atoms with E-state index in [4.69, 9.17) is 16.3 Å². The molecule has 0 saturated heterocycles. The van der Waals surface area contributed by atoms with Gasteiger partial charge in [0.05, 0.1) is 0 Å². The van der Waals surface area contributed by atoms with E-state index in [1.807, 2.05) is 98.8 Å². The van der Waals surface area contributed by atoms with Crippen molar-refractivity contribution in [3.63, 3.8) is 0 Å². The average Bonchev–Trinajstić information content (AvgIpc) is 2.95. The topological polar surface area (TPSA) is 58.6 Å². The third kappa shape index (κ3) is 7.14. The fourth-order valence-electron chi connectivity index (χ4n) is 4.33. The van der Waals surface area contributed by atoms with Crippen molar-refractivity contribution < 1.29 is 14.3 Å². The Labute approximate surface area is 229 Å². The summed E-state index contributed by atoms with van der Waals surface area (Å²) in [6, 6.07) is 30.0. The quantitative estimate of drug-likeness (QED) is 0.244. The second kappa shape index (κ2) is 13.1. The maximum Gasteiger partial charge on any atom is 0.261 e. The maximum atomic E-state index is 13.8. The number of nitrogens with one attached hydrogen (secondary N) is 1. The van der Waals surface area contributed by atoms with Crippen molar-refractivity contribution in [2.75, 3.05) is 6.61 Å². The van der Waals surface area contributed by atoms with Crippen LogP contribution < -0.4 is 10.1 Å². The number of fused-ring (bicyclic) bond motifs is 1. The predicted molar refractivity (Wildman–Crippen MR) is 153 cm³/mol. The first-order valence-corrected chi connectivity index (χ1v) is 13.3. The molecule has 0 aliphatic rings. The molecule has 4 rings (SSSR count). The van der Waals surface area contributed by atoms with Crippen LogP contribution in [0.5, 0.6) is 5.75 Å². The highest BCUT2D eigenvalue weighted by Gasteiger charge is 2.31. The molecule has 0 aliphatic heterocycles. The van der Waals surface area contributed by atoms with E-state index in [9.17, 15) is 9.59 Å². The molecule has 2 atom stereocenters. The average molecular weight is 529 g/mol. The van der Waals surface area contributed by atoms with E-state index >= 15 is 0 Å². The number of carbonyl (C=O) groups is 2. The Kier molecular flexibility index (Phi) is 9.39. The smallest absolute Gasteiger partial charge is 0.261 e. The summed E-state index contributed by atoms with van der Waals surface area (Å²) < 4.78 is 6.06. The molecule has 0 aliphatic carbocycles. The van der Waals surface area contributed by atoms with E-state index in [0.29, 0.717) is 17.2 Å². The Balaban J connectivity index is 1.64. The van der Waals surface area contributed by atoms with Crippen LogP contribution in [-0.2, 0) is 22.6 Å². The number of amides is 2. The van der Waals surface area contributed by atoms with Crippen molar-refractivity contribution in [1.82, 2.24) is 10.2 Å². The monoisotopic (exact) mass is 528 g/mol. The van der Waals surface area contributed by atoms with Crippen molar-refractivity contribution in [3.05, 3.63) is 113 Å². The lowest BCUT2D eigenvalue weighted by molar-refractivity contribution is -0.143. The Morgan fingerprint density at radius 3 is 2.29 bits per heavy atom. The van der Waals surface area contributed by atoms with Crippen molar-refractivity contribution in [2.45, 2.75) is 45.3 Å². The molecule has 0 heterocycles. The molecular weight excluding hydrogens is 496 g/mol. The molecule has 0 aromatic heterocycles. The molecule has 1 N–H and O–H groups in total. The molecule has 0 radical (unpaired) electrons. The molecule has 196 valence electrons. The zero-order valence-electron chi connectivity index (χ0n) is 21.8. The SMILES string of the molecule is CCC(C)NC(=O)C(Cc1ccccc1)N(Cc1ccc(Cl)cc1)C(=O)COc1cccc2ccccc12. The Morgan fingerprint density at radius 1 is 0.868 bits per heavy atom. The first-order chi connectivity index (χ1) is 18.4. The summed E-state index contributed by atoms with van der Waals surface area (Å²) in [5.74, 6) is 0.176. The van der Waals surface area contributed by atoms with Crippen LogP contribution in [0.2, 0.25) is 5.02 Å². The fraction of sp³-hybridized carbons (Fsp3) is 0.250. The number of benzene rings is 4. The van der Waals surface area contributed by atoms with E-state index in [-0.39, 0.29) is 31.0 Å². The zero-order valence-corrected chi connectivity index (χ0v) is 22.5. The number of ether oxygens (including phenoxy) is 1. The number of hydrogen-bond donors (Lipinski definition) is 1. The number of halogens is 1. The molecule has 4 aromatic rings. The van der Waals surface area contributed by atoms with Gasteiger partial charge in [0.1, 0.15) is 11.8 Å². The third-order valence-corrected chi connectivity index (χ3v) is 6.89. The standard InChI is InChI=1S/C32H33ClN2O3/c1-3-23(2)34-32(37)29(20-24-10-5-4-6-11-24)35(21-25-16-18-27(33)19-17-25)31(36)22-38-30-15-9-13-26-12-7-8-14-28(26)30/h4-19,23,29H,3,20-22H2,1-2H3,(H,34,37). The van der Waals surface area contributed by atoms with Gasteiger partial charge in [-0.15, -0.1) is 0 Å². The van der Waals surface area contributed by atoms with Gasteiger partial charge in [-0.25, -0.2) is 0 Å². The fourth-order valence-corrected chi connectivity index (χ4v) is 4.45. The molecule has 38 heavy (non-hydrogen) atoms. The Morgan fingerprint density at radius 2 is 1.55 bits per heavy atom. The molecule has 0 saturated carbocycles. The van der Waals surface area contributed by atoms with E-state index in [2.05, 4.69) is 5.32 Å². The zero-order chi connectivity index (χ0) is 26.9. The van der Waals surface area contributed by atoms with Gasteiger partial charge in [-0.2, -0.15) is 0 Å². The first-order valence-electron chi connectivity index (χ1n) is 12.9. The highest BCUT2D eigenvalue weighted by molar-refractivity contribution is 6.30. The first kappa shape index (κ1) is 27.2. The van der Waals surface area contributed by atoms with Gasteiger partial charge in [0.2, 0.25) is 5.91 Å². The van der Waals surface area contributed by atoms with Crippen LogP contribution in [0.25, 0.3) is 10.8 Å². The third-order valence-electron chi connectivity index (χ3n) is 6.64. The van der Waals surface area contributed by atoms with Gasteiger partial charge in [-0.3, -0.25) is 9.59 Å². The molecule has 2 amide bonds. The lowest BCUT2D eigenvalue weighted by atomic mass is 10.0. The van der Waals surface area contributed by atoms with Crippen LogP contribution in [0.3, 0.4) is 0 Å². The summed E-state index contributed by atoms with van der Waals surface area (Å²) in [4.78, 5) is 29.0. The second-order valence-electron chi connectivity index (χ2n) is 9.44. The second-order valence-corrected chi connectivity index (χ2v) is 9.87. The van der Waals surface area contributed by atoms with E-state index in [1.54, 1.807) is 17.0 Å². The Bertz CT molecular complexity index is 1350. The van der Waals surface area contributed by atoms with Crippen molar-refractivity contribution >= 4 is 34.2 Å². The van der Waals surface area contributed by atoms with E-state index in [1.165, 1.54) is 0 Å². The van der Waals surface area contributed by atoms with Gasteiger partial charge in [0.15, 0.2) is 6.61 Å². The van der Waals surface area contributed by atoms with Gasteiger partial charge < -0.3 is 15.0 Å². The Hall–Kier alpha value is -3.83. The minimum atomic E-state index is -0.717. The van der Waals surface area contributed by atoms with Crippen LogP contribution in [0, 0.1) is 0 Å². The molecule has 2 unspecified atom stereocenters. The number of carbonyl (C=O) groups excluding carboxylic acids is 2. The van der Waals surface area contributed by atoms with E-state index in [0.717, 1.165) is 28.3 Å². The molecule has 6 heteroatoms. The highest BCUT2D eigenvalue weighted by atomic mass is 35.5. The summed E-state index contributed by atoms with van der Waals surface area (Å²) in [6.07, 6.45) is 1.18. The van der Waals surface area contributed by atoms with Crippen molar-refractivity contribution in [3.8, 4) is 5.75 Å². The maximum absolute atomic E-state index is 13.8. The molecule has 5 nitrogen and oxygen atoms in total. The molecule has 4 aromatic carbocycles.